The summed E-state index contributed by atoms with van der Waals surface area (Å²) >= 11 is 0. The van der Waals surface area contributed by atoms with Gasteiger partial charge in [0.1, 0.15) is 0 Å². The van der Waals surface area contributed by atoms with Gasteiger partial charge in [-0.2, -0.15) is 0 Å². The van der Waals surface area contributed by atoms with Crippen molar-refractivity contribution in [2.45, 2.75) is 51.1 Å². The van der Waals surface area contributed by atoms with Gasteiger partial charge >= 0.3 is 0 Å². The van der Waals surface area contributed by atoms with Gasteiger partial charge in [-0.25, -0.2) is 0 Å². The summed E-state index contributed by atoms with van der Waals surface area (Å²) in [6.45, 7) is 4.83. The van der Waals surface area contributed by atoms with Crippen molar-refractivity contribution in [2.75, 3.05) is 19.6 Å². The van der Waals surface area contributed by atoms with Crippen molar-refractivity contribution in [3.8, 4) is 0 Å². The molecule has 2 aliphatic rings. The summed E-state index contributed by atoms with van der Waals surface area (Å²) in [5.41, 5.74) is 4.45. The average molecular weight is 517 g/mol. The summed E-state index contributed by atoms with van der Waals surface area (Å²) in [4.78, 5) is 14.7. The zero-order chi connectivity index (χ0) is 26.5. The van der Waals surface area contributed by atoms with Crippen LogP contribution in [0.3, 0.4) is 0 Å². The van der Waals surface area contributed by atoms with E-state index >= 15 is 0 Å². The molecule has 3 aromatic carbocycles. The lowest BCUT2D eigenvalue weighted by Gasteiger charge is -2.42. The molecule has 7 nitrogen and oxygen atoms in total. The number of amides is 1. The zero-order valence-electron chi connectivity index (χ0n) is 21.7. The monoisotopic (exact) mass is 516 g/mol. The molecule has 0 saturated carbocycles. The summed E-state index contributed by atoms with van der Waals surface area (Å²) in [6.07, 6.45) is -0.290. The van der Waals surface area contributed by atoms with E-state index in [4.69, 9.17) is 9.47 Å². The molecular formula is C31H36N2O5. The topological polar surface area (TPSA) is 91.3 Å². The number of β-amino-alcohol motifs (C(OH)–C–C–N with tert-alkyl or cyclic N) is 1. The molecule has 7 heteroatoms. The summed E-state index contributed by atoms with van der Waals surface area (Å²) in [5.74, 6) is -0.0102. The van der Waals surface area contributed by atoms with Crippen LogP contribution in [0.1, 0.15) is 58.4 Å². The van der Waals surface area contributed by atoms with Gasteiger partial charge in [-0.15, -0.1) is 0 Å². The van der Waals surface area contributed by atoms with E-state index in [0.717, 1.165) is 41.8 Å². The SMILES string of the molecule is C[C@H]1[C@@H](CN2CC[C@H](O)C2)O[C@@H](c2ccc(CNC(=O)c3ccccc3)cc2)O[C@H]1c1ccc(CO)cc1. The van der Waals surface area contributed by atoms with Gasteiger partial charge in [-0.05, 0) is 35.2 Å². The summed E-state index contributed by atoms with van der Waals surface area (Å²) in [5, 5.41) is 22.4. The summed E-state index contributed by atoms with van der Waals surface area (Å²) < 4.78 is 13.1. The fraction of sp³-hybridized carbons (Fsp3) is 0.387. The van der Waals surface area contributed by atoms with Crippen LogP contribution in [0.4, 0.5) is 0 Å². The molecule has 2 saturated heterocycles. The first kappa shape index (κ1) is 26.5. The van der Waals surface area contributed by atoms with Crippen LogP contribution in [-0.2, 0) is 22.6 Å². The predicted molar refractivity (Wildman–Crippen MR) is 144 cm³/mol. The third-order valence-electron chi connectivity index (χ3n) is 7.55. The first-order valence-electron chi connectivity index (χ1n) is 13.3. The molecule has 200 valence electrons. The molecule has 3 aromatic rings. The molecule has 3 N–H and O–H groups in total. The van der Waals surface area contributed by atoms with Crippen molar-refractivity contribution in [3.63, 3.8) is 0 Å². The molecule has 0 spiro atoms. The Kier molecular flexibility index (Phi) is 8.51. The Balaban J connectivity index is 1.30. The molecule has 0 aromatic heterocycles. The van der Waals surface area contributed by atoms with Crippen molar-refractivity contribution in [3.05, 3.63) is 107 Å². The Morgan fingerprint density at radius 1 is 0.947 bits per heavy atom. The maximum atomic E-state index is 12.4. The molecule has 2 heterocycles. The van der Waals surface area contributed by atoms with E-state index in [-0.39, 0.29) is 36.7 Å². The van der Waals surface area contributed by atoms with Gasteiger partial charge in [-0.3, -0.25) is 9.69 Å². The number of aliphatic hydroxyl groups excluding tert-OH is 2. The van der Waals surface area contributed by atoms with E-state index < -0.39 is 6.29 Å². The standard InChI is InChI=1S/C31H36N2O5/c1-21-28(19-33-16-15-27(35)18-33)37-31(38-29(21)24-11-9-23(20-34)10-12-24)26-13-7-22(8-14-26)17-32-30(36)25-5-3-2-4-6-25/h2-14,21,27-29,31,34-35H,15-20H2,1H3,(H,32,36)/t21-,27-,28+,29+,31+/m0/s1. The van der Waals surface area contributed by atoms with Crippen LogP contribution in [0.2, 0.25) is 0 Å². The molecule has 0 radical (unpaired) electrons. The number of carbonyl (C=O) groups excluding carboxylic acids is 1. The van der Waals surface area contributed by atoms with Crippen LogP contribution in [0, 0.1) is 5.92 Å². The first-order chi connectivity index (χ1) is 18.5. The Hall–Kier alpha value is -3.07. The molecular weight excluding hydrogens is 480 g/mol. The molecule has 0 aliphatic carbocycles. The highest BCUT2D eigenvalue weighted by molar-refractivity contribution is 5.94. The van der Waals surface area contributed by atoms with E-state index in [2.05, 4.69) is 17.1 Å². The molecule has 0 bridgehead atoms. The number of rotatable bonds is 8. The average Bonchev–Trinajstić information content (AvgIpc) is 3.38. The van der Waals surface area contributed by atoms with Crippen molar-refractivity contribution in [1.29, 1.82) is 0 Å². The van der Waals surface area contributed by atoms with E-state index in [1.807, 2.05) is 66.7 Å². The minimum atomic E-state index is -0.542. The Morgan fingerprint density at radius 2 is 1.63 bits per heavy atom. The molecule has 1 amide bonds. The number of carbonyl (C=O) groups is 1. The number of likely N-dealkylation sites (tertiary alicyclic amines) is 1. The van der Waals surface area contributed by atoms with Crippen molar-refractivity contribution >= 4 is 5.91 Å². The van der Waals surface area contributed by atoms with Gasteiger partial charge in [0, 0.05) is 43.2 Å². The molecule has 38 heavy (non-hydrogen) atoms. The highest BCUT2D eigenvalue weighted by Gasteiger charge is 2.39. The van der Waals surface area contributed by atoms with E-state index in [0.29, 0.717) is 18.7 Å². The second-order valence-corrected chi connectivity index (χ2v) is 10.3. The second kappa shape index (κ2) is 12.2. The normalized spacial score (nSPS) is 25.8. The minimum Gasteiger partial charge on any atom is -0.392 e. The van der Waals surface area contributed by atoms with Crippen molar-refractivity contribution in [1.82, 2.24) is 10.2 Å². The predicted octanol–water partition coefficient (Wildman–Crippen LogP) is 3.97. The zero-order valence-corrected chi connectivity index (χ0v) is 21.7. The molecule has 0 unspecified atom stereocenters. The van der Waals surface area contributed by atoms with Crippen LogP contribution in [0.5, 0.6) is 0 Å². The van der Waals surface area contributed by atoms with Gasteiger partial charge in [0.2, 0.25) is 0 Å². The Labute approximate surface area is 224 Å². The summed E-state index contributed by atoms with van der Waals surface area (Å²) in [6, 6.07) is 25.0. The van der Waals surface area contributed by atoms with E-state index in [9.17, 15) is 15.0 Å². The van der Waals surface area contributed by atoms with Gasteiger partial charge in [0.25, 0.3) is 5.91 Å². The van der Waals surface area contributed by atoms with Gasteiger partial charge in [0.15, 0.2) is 6.29 Å². The molecule has 2 fully saturated rings. The first-order valence-corrected chi connectivity index (χ1v) is 13.3. The van der Waals surface area contributed by atoms with Crippen LogP contribution in [0.25, 0.3) is 0 Å². The lowest BCUT2D eigenvalue weighted by molar-refractivity contribution is -0.276. The van der Waals surface area contributed by atoms with Crippen LogP contribution >= 0.6 is 0 Å². The fourth-order valence-corrected chi connectivity index (χ4v) is 5.23. The van der Waals surface area contributed by atoms with Crippen molar-refractivity contribution in [2.24, 2.45) is 5.92 Å². The molecule has 2 aliphatic heterocycles. The highest BCUT2D eigenvalue weighted by atomic mass is 16.7. The van der Waals surface area contributed by atoms with Gasteiger partial charge in [0.05, 0.1) is 24.9 Å². The number of nitrogens with zero attached hydrogens (tertiary/aromatic N) is 1. The number of aliphatic hydroxyl groups is 2. The quantitative estimate of drug-likeness (QED) is 0.420. The Bertz CT molecular complexity index is 1190. The second-order valence-electron chi connectivity index (χ2n) is 10.3. The molecule has 5 atom stereocenters. The van der Waals surface area contributed by atoms with Crippen molar-refractivity contribution < 1.29 is 24.5 Å². The van der Waals surface area contributed by atoms with Gasteiger partial charge < -0.3 is 25.0 Å². The third-order valence-corrected chi connectivity index (χ3v) is 7.55. The van der Waals surface area contributed by atoms with Crippen LogP contribution in [0.15, 0.2) is 78.9 Å². The third kappa shape index (κ3) is 6.31. The maximum absolute atomic E-state index is 12.4. The summed E-state index contributed by atoms with van der Waals surface area (Å²) in [7, 11) is 0. The largest absolute Gasteiger partial charge is 0.392 e. The van der Waals surface area contributed by atoms with Crippen LogP contribution < -0.4 is 5.32 Å². The minimum absolute atomic E-state index is 0.00512. The van der Waals surface area contributed by atoms with Gasteiger partial charge in [-0.1, -0.05) is 73.7 Å². The number of ether oxygens (including phenoxy) is 2. The Morgan fingerprint density at radius 3 is 2.29 bits per heavy atom. The smallest absolute Gasteiger partial charge is 0.251 e. The maximum Gasteiger partial charge on any atom is 0.251 e. The fourth-order valence-electron chi connectivity index (χ4n) is 5.23. The number of hydrogen-bond acceptors (Lipinski definition) is 6. The molecule has 5 rings (SSSR count). The lowest BCUT2D eigenvalue weighted by Crippen LogP contribution is -2.44. The van der Waals surface area contributed by atoms with E-state index in [1.165, 1.54) is 0 Å². The van der Waals surface area contributed by atoms with E-state index in [1.54, 1.807) is 12.1 Å². The highest BCUT2D eigenvalue weighted by Crippen LogP contribution is 2.42. The number of hydrogen-bond donors (Lipinski definition) is 3. The number of nitrogens with one attached hydrogen (secondary N) is 1. The number of benzene rings is 3. The van der Waals surface area contributed by atoms with Crippen LogP contribution in [-0.4, -0.2) is 52.9 Å². The lowest BCUT2D eigenvalue weighted by atomic mass is 9.90.